The summed E-state index contributed by atoms with van der Waals surface area (Å²) in [5, 5.41) is 0.730. The second-order valence-electron chi connectivity index (χ2n) is 8.81. The topological polar surface area (TPSA) is 60.9 Å². The van der Waals surface area contributed by atoms with Crippen LogP contribution in [0.4, 0.5) is 0 Å². The van der Waals surface area contributed by atoms with E-state index in [2.05, 4.69) is 11.8 Å². The van der Waals surface area contributed by atoms with Gasteiger partial charge >= 0.3 is 0 Å². The van der Waals surface area contributed by atoms with Crippen molar-refractivity contribution in [3.63, 3.8) is 0 Å². The lowest BCUT2D eigenvalue weighted by molar-refractivity contribution is 0.0628. The van der Waals surface area contributed by atoms with Gasteiger partial charge in [0.1, 0.15) is 0 Å². The van der Waals surface area contributed by atoms with Gasteiger partial charge in [0.25, 0.3) is 5.91 Å². The van der Waals surface area contributed by atoms with Crippen molar-refractivity contribution in [3.05, 3.63) is 64.7 Å². The fraction of sp³-hybridized carbons (Fsp3) is 0.458. The Balaban J connectivity index is 1.33. The predicted molar refractivity (Wildman–Crippen MR) is 126 cm³/mol. The second-order valence-corrected chi connectivity index (χ2v) is 11.2. The quantitative estimate of drug-likeness (QED) is 0.661. The van der Waals surface area contributed by atoms with Crippen molar-refractivity contribution in [1.82, 2.24) is 14.1 Å². The summed E-state index contributed by atoms with van der Waals surface area (Å²) >= 11 is 5.95. The molecule has 32 heavy (non-hydrogen) atoms. The van der Waals surface area contributed by atoms with Crippen molar-refractivity contribution < 1.29 is 13.2 Å². The van der Waals surface area contributed by atoms with Gasteiger partial charge < -0.3 is 4.90 Å². The molecule has 2 aliphatic heterocycles. The third-order valence-electron chi connectivity index (χ3n) is 6.46. The minimum atomic E-state index is -3.50. The summed E-state index contributed by atoms with van der Waals surface area (Å²) in [5.74, 6) is 0.514. The summed E-state index contributed by atoms with van der Waals surface area (Å²) < 4.78 is 27.4. The van der Waals surface area contributed by atoms with Crippen molar-refractivity contribution in [2.75, 3.05) is 39.3 Å². The largest absolute Gasteiger partial charge is 0.336 e. The van der Waals surface area contributed by atoms with Gasteiger partial charge in [0.05, 0.1) is 4.90 Å². The molecule has 4 rings (SSSR count). The smallest absolute Gasteiger partial charge is 0.253 e. The molecule has 2 heterocycles. The van der Waals surface area contributed by atoms with Crippen molar-refractivity contribution in [3.8, 4) is 0 Å². The van der Waals surface area contributed by atoms with Crippen LogP contribution in [0, 0.1) is 5.92 Å². The van der Waals surface area contributed by atoms with Crippen molar-refractivity contribution in [2.24, 2.45) is 5.92 Å². The third-order valence-corrected chi connectivity index (χ3v) is 8.63. The van der Waals surface area contributed by atoms with E-state index < -0.39 is 10.0 Å². The maximum atomic E-state index is 12.9. The Morgan fingerprint density at radius 3 is 2.09 bits per heavy atom. The number of hydrogen-bond acceptors (Lipinski definition) is 4. The van der Waals surface area contributed by atoms with E-state index in [9.17, 15) is 13.2 Å². The molecule has 0 unspecified atom stereocenters. The van der Waals surface area contributed by atoms with Gasteiger partial charge in [-0.2, -0.15) is 4.31 Å². The van der Waals surface area contributed by atoms with E-state index in [4.69, 9.17) is 11.6 Å². The Labute approximate surface area is 195 Å². The summed E-state index contributed by atoms with van der Waals surface area (Å²) in [6.45, 7) is 7.01. The van der Waals surface area contributed by atoms with Gasteiger partial charge in [0, 0.05) is 56.4 Å². The molecule has 0 aromatic heterocycles. The monoisotopic (exact) mass is 475 g/mol. The van der Waals surface area contributed by atoms with Crippen LogP contribution >= 0.6 is 11.6 Å². The van der Waals surface area contributed by atoms with E-state index in [-0.39, 0.29) is 10.8 Å². The normalized spacial score (nSPS) is 19.2. The molecule has 0 radical (unpaired) electrons. The molecule has 172 valence electrons. The van der Waals surface area contributed by atoms with Crippen LogP contribution < -0.4 is 0 Å². The van der Waals surface area contributed by atoms with Crippen LogP contribution in [-0.4, -0.2) is 67.7 Å². The number of rotatable bonds is 5. The molecule has 2 saturated heterocycles. The SMILES string of the molecule is CC1CCN(S(=O)(=O)c2ccc(C(=O)N3CCN(Cc4ccc(Cl)cc4)CC3)cc2)CC1. The van der Waals surface area contributed by atoms with Crippen molar-refractivity contribution in [2.45, 2.75) is 31.2 Å². The second kappa shape index (κ2) is 9.91. The zero-order valence-electron chi connectivity index (χ0n) is 18.4. The minimum Gasteiger partial charge on any atom is -0.336 e. The van der Waals surface area contributed by atoms with Crippen LogP contribution in [0.15, 0.2) is 53.4 Å². The number of nitrogens with zero attached hydrogens (tertiary/aromatic N) is 3. The first-order chi connectivity index (χ1) is 15.3. The highest BCUT2D eigenvalue weighted by molar-refractivity contribution is 7.89. The number of sulfonamides is 1. The first-order valence-corrected chi connectivity index (χ1v) is 13.0. The van der Waals surface area contributed by atoms with Gasteiger partial charge in [0.15, 0.2) is 0 Å². The number of piperidine rings is 1. The molecule has 2 aromatic carbocycles. The van der Waals surface area contributed by atoms with E-state index in [0.717, 1.165) is 37.5 Å². The predicted octanol–water partition coefficient (Wildman–Crippen LogP) is 3.72. The standard InChI is InChI=1S/C24H30ClN3O3S/c1-19-10-12-28(13-11-19)32(30,31)23-8-4-21(5-9-23)24(29)27-16-14-26(15-17-27)18-20-2-6-22(25)7-3-20/h2-9,19H,10-18H2,1H3. The molecule has 8 heteroatoms. The third kappa shape index (κ3) is 5.34. The number of halogens is 1. The molecular formula is C24H30ClN3O3S. The molecule has 0 N–H and O–H groups in total. The molecule has 2 aliphatic rings. The van der Waals surface area contributed by atoms with Crippen molar-refractivity contribution >= 4 is 27.5 Å². The van der Waals surface area contributed by atoms with Crippen LogP contribution in [0.3, 0.4) is 0 Å². The Hall–Kier alpha value is -1.93. The van der Waals surface area contributed by atoms with Gasteiger partial charge in [-0.05, 0) is 60.7 Å². The summed E-state index contributed by atoms with van der Waals surface area (Å²) in [7, 11) is -3.50. The first kappa shape index (κ1) is 23.2. The molecule has 0 saturated carbocycles. The molecule has 0 atom stereocenters. The Morgan fingerprint density at radius 2 is 1.50 bits per heavy atom. The van der Waals surface area contributed by atoms with Crippen LogP contribution in [0.25, 0.3) is 0 Å². The van der Waals surface area contributed by atoms with Gasteiger partial charge in [-0.25, -0.2) is 8.42 Å². The molecule has 0 aliphatic carbocycles. The van der Waals surface area contributed by atoms with Crippen LogP contribution in [0.2, 0.25) is 5.02 Å². The van der Waals surface area contributed by atoms with E-state index in [1.54, 1.807) is 28.6 Å². The summed E-state index contributed by atoms with van der Waals surface area (Å²) in [6.07, 6.45) is 1.78. The number of amides is 1. The van der Waals surface area contributed by atoms with Crippen LogP contribution in [0.5, 0.6) is 0 Å². The molecule has 0 bridgehead atoms. The van der Waals surface area contributed by atoms with Crippen molar-refractivity contribution in [1.29, 1.82) is 0 Å². The molecule has 0 spiro atoms. The Bertz CT molecular complexity index is 1030. The average molecular weight is 476 g/mol. The zero-order chi connectivity index (χ0) is 22.7. The highest BCUT2D eigenvalue weighted by Crippen LogP contribution is 2.24. The van der Waals surface area contributed by atoms with E-state index in [1.807, 2.05) is 29.2 Å². The molecular weight excluding hydrogens is 446 g/mol. The number of carbonyl (C=O) groups excluding carboxylic acids is 1. The highest BCUT2D eigenvalue weighted by Gasteiger charge is 2.28. The number of benzene rings is 2. The lowest BCUT2D eigenvalue weighted by Crippen LogP contribution is -2.48. The minimum absolute atomic E-state index is 0.0492. The zero-order valence-corrected chi connectivity index (χ0v) is 20.0. The highest BCUT2D eigenvalue weighted by atomic mass is 35.5. The van der Waals surface area contributed by atoms with E-state index in [1.165, 1.54) is 5.56 Å². The van der Waals surface area contributed by atoms with Gasteiger partial charge in [-0.1, -0.05) is 30.7 Å². The van der Waals surface area contributed by atoms with E-state index in [0.29, 0.717) is 37.7 Å². The maximum Gasteiger partial charge on any atom is 0.253 e. The molecule has 1 amide bonds. The number of carbonyl (C=O) groups is 1. The lowest BCUT2D eigenvalue weighted by atomic mass is 10.0. The Kier molecular flexibility index (Phi) is 7.20. The van der Waals surface area contributed by atoms with E-state index >= 15 is 0 Å². The summed E-state index contributed by atoms with van der Waals surface area (Å²) in [4.78, 5) is 17.4. The maximum absolute atomic E-state index is 12.9. The number of piperazine rings is 1. The van der Waals surface area contributed by atoms with Gasteiger partial charge in [-0.15, -0.1) is 0 Å². The van der Waals surface area contributed by atoms with Gasteiger partial charge in [0.2, 0.25) is 10.0 Å². The fourth-order valence-corrected chi connectivity index (χ4v) is 5.88. The molecule has 2 aromatic rings. The lowest BCUT2D eigenvalue weighted by Gasteiger charge is -2.35. The van der Waals surface area contributed by atoms with Gasteiger partial charge in [-0.3, -0.25) is 9.69 Å². The van der Waals surface area contributed by atoms with Crippen LogP contribution in [0.1, 0.15) is 35.7 Å². The number of hydrogen-bond donors (Lipinski definition) is 0. The first-order valence-electron chi connectivity index (χ1n) is 11.2. The summed E-state index contributed by atoms with van der Waals surface area (Å²) in [5.41, 5.74) is 1.73. The average Bonchev–Trinajstić information content (AvgIpc) is 2.81. The van der Waals surface area contributed by atoms with Crippen LogP contribution in [-0.2, 0) is 16.6 Å². The summed E-state index contributed by atoms with van der Waals surface area (Å²) in [6, 6.07) is 14.3. The molecule has 2 fully saturated rings. The molecule has 6 nitrogen and oxygen atoms in total. The fourth-order valence-electron chi connectivity index (χ4n) is 4.28. The Morgan fingerprint density at radius 1 is 0.906 bits per heavy atom.